The molecule has 136 valence electrons. The quantitative estimate of drug-likeness (QED) is 0.580. The topological polar surface area (TPSA) is 3.24 Å². The van der Waals surface area contributed by atoms with Gasteiger partial charge in [0.1, 0.15) is 0 Å². The number of hydrogen-bond donors (Lipinski definition) is 0. The lowest BCUT2D eigenvalue weighted by atomic mass is 9.69. The number of rotatable bonds is 5. The van der Waals surface area contributed by atoms with E-state index in [1.54, 1.807) is 0 Å². The first-order chi connectivity index (χ1) is 10.8. The maximum absolute atomic E-state index is 2.99. The minimum atomic E-state index is 0.833. The highest BCUT2D eigenvalue weighted by atomic mass is 15.2. The Kier molecular flexibility index (Phi) is 7.01. The van der Waals surface area contributed by atoms with Gasteiger partial charge < -0.3 is 0 Å². The van der Waals surface area contributed by atoms with Crippen molar-refractivity contribution in [3.05, 3.63) is 0 Å². The molecule has 0 saturated heterocycles. The lowest BCUT2D eigenvalue weighted by Gasteiger charge is -2.51. The SMILES string of the molecule is CCN(C1CC(C)CCC1C(C)C)C1CC(C)CCC1C(C)C. The van der Waals surface area contributed by atoms with Gasteiger partial charge in [-0.15, -0.1) is 0 Å². The number of hydrogen-bond acceptors (Lipinski definition) is 1. The highest BCUT2D eigenvalue weighted by Gasteiger charge is 2.41. The van der Waals surface area contributed by atoms with Crippen LogP contribution in [0.25, 0.3) is 0 Å². The van der Waals surface area contributed by atoms with Crippen molar-refractivity contribution in [2.24, 2.45) is 35.5 Å². The fraction of sp³-hybridized carbons (Fsp3) is 1.00. The molecule has 2 fully saturated rings. The molecule has 0 heterocycles. The lowest BCUT2D eigenvalue weighted by molar-refractivity contribution is -0.0192. The molecule has 0 bridgehead atoms. The van der Waals surface area contributed by atoms with Crippen LogP contribution in [0.15, 0.2) is 0 Å². The summed E-state index contributed by atoms with van der Waals surface area (Å²) in [6, 6.07) is 1.67. The molecule has 1 nitrogen and oxygen atoms in total. The van der Waals surface area contributed by atoms with Gasteiger partial charge in [0.2, 0.25) is 0 Å². The van der Waals surface area contributed by atoms with Gasteiger partial charge in [-0.25, -0.2) is 0 Å². The van der Waals surface area contributed by atoms with Gasteiger partial charge in [-0.3, -0.25) is 4.90 Å². The Balaban J connectivity index is 2.23. The Bertz CT molecular complexity index is 316. The summed E-state index contributed by atoms with van der Waals surface area (Å²) in [5.41, 5.74) is 0. The molecule has 6 unspecified atom stereocenters. The van der Waals surface area contributed by atoms with Crippen molar-refractivity contribution in [2.45, 2.75) is 99.1 Å². The summed E-state index contributed by atoms with van der Waals surface area (Å²) in [6.45, 7) is 18.5. The average molecular weight is 322 g/mol. The van der Waals surface area contributed by atoms with Crippen molar-refractivity contribution in [1.29, 1.82) is 0 Å². The Morgan fingerprint density at radius 2 is 1.13 bits per heavy atom. The van der Waals surface area contributed by atoms with Crippen molar-refractivity contribution in [3.8, 4) is 0 Å². The highest BCUT2D eigenvalue weighted by Crippen LogP contribution is 2.42. The molecule has 0 N–H and O–H groups in total. The van der Waals surface area contributed by atoms with Crippen LogP contribution in [-0.4, -0.2) is 23.5 Å². The molecule has 0 spiro atoms. The molecule has 0 aromatic heterocycles. The van der Waals surface area contributed by atoms with Crippen LogP contribution >= 0.6 is 0 Å². The molecule has 0 aromatic carbocycles. The Morgan fingerprint density at radius 3 is 1.43 bits per heavy atom. The highest BCUT2D eigenvalue weighted by molar-refractivity contribution is 4.94. The predicted octanol–water partition coefficient (Wildman–Crippen LogP) is 6.23. The van der Waals surface area contributed by atoms with Crippen molar-refractivity contribution in [2.75, 3.05) is 6.54 Å². The van der Waals surface area contributed by atoms with Crippen LogP contribution in [0.3, 0.4) is 0 Å². The van der Waals surface area contributed by atoms with Gasteiger partial charge >= 0.3 is 0 Å². The van der Waals surface area contributed by atoms with E-state index < -0.39 is 0 Å². The van der Waals surface area contributed by atoms with Crippen molar-refractivity contribution < 1.29 is 0 Å². The summed E-state index contributed by atoms with van der Waals surface area (Å²) < 4.78 is 0. The smallest absolute Gasteiger partial charge is 0.0131 e. The molecular formula is C22H43N. The van der Waals surface area contributed by atoms with Gasteiger partial charge in [0.25, 0.3) is 0 Å². The van der Waals surface area contributed by atoms with Gasteiger partial charge in [0.15, 0.2) is 0 Å². The Hall–Kier alpha value is -0.0400. The minimum absolute atomic E-state index is 0.833. The van der Waals surface area contributed by atoms with Gasteiger partial charge in [0.05, 0.1) is 0 Å². The summed E-state index contributed by atoms with van der Waals surface area (Å²) >= 11 is 0. The van der Waals surface area contributed by atoms with Crippen LogP contribution < -0.4 is 0 Å². The van der Waals surface area contributed by atoms with E-state index in [-0.39, 0.29) is 0 Å². The Labute approximate surface area is 146 Å². The first kappa shape index (κ1) is 19.3. The summed E-state index contributed by atoms with van der Waals surface area (Å²) in [4.78, 5) is 2.99. The predicted molar refractivity (Wildman–Crippen MR) is 103 cm³/mol. The summed E-state index contributed by atoms with van der Waals surface area (Å²) in [6.07, 6.45) is 8.68. The summed E-state index contributed by atoms with van der Waals surface area (Å²) in [5.74, 6) is 5.33. The zero-order chi connectivity index (χ0) is 17.1. The summed E-state index contributed by atoms with van der Waals surface area (Å²) in [7, 11) is 0. The van der Waals surface area contributed by atoms with Crippen LogP contribution in [0, 0.1) is 35.5 Å². The average Bonchev–Trinajstić information content (AvgIpc) is 2.47. The van der Waals surface area contributed by atoms with E-state index in [0.717, 1.165) is 47.6 Å². The van der Waals surface area contributed by atoms with Crippen molar-refractivity contribution in [1.82, 2.24) is 4.90 Å². The molecular weight excluding hydrogens is 278 g/mol. The molecule has 0 aromatic rings. The van der Waals surface area contributed by atoms with E-state index in [9.17, 15) is 0 Å². The van der Waals surface area contributed by atoms with E-state index in [1.165, 1.54) is 45.1 Å². The second-order valence-corrected chi connectivity index (χ2v) is 9.62. The zero-order valence-electron chi connectivity index (χ0n) is 17.0. The molecule has 2 aliphatic carbocycles. The second-order valence-electron chi connectivity index (χ2n) is 9.62. The molecule has 2 saturated carbocycles. The normalized spacial score (nSPS) is 39.4. The summed E-state index contributed by atoms with van der Waals surface area (Å²) in [5, 5.41) is 0. The maximum Gasteiger partial charge on any atom is 0.0131 e. The van der Waals surface area contributed by atoms with E-state index in [4.69, 9.17) is 0 Å². The molecule has 2 aliphatic rings. The van der Waals surface area contributed by atoms with Crippen molar-refractivity contribution >= 4 is 0 Å². The molecule has 1 heteroatoms. The fourth-order valence-corrected chi connectivity index (χ4v) is 5.78. The van der Waals surface area contributed by atoms with E-state index in [1.807, 2.05) is 0 Å². The Morgan fingerprint density at radius 1 is 0.739 bits per heavy atom. The molecule has 2 rings (SSSR count). The van der Waals surface area contributed by atoms with Crippen LogP contribution in [-0.2, 0) is 0 Å². The minimum Gasteiger partial charge on any atom is -0.297 e. The molecule has 23 heavy (non-hydrogen) atoms. The van der Waals surface area contributed by atoms with Gasteiger partial charge in [-0.1, -0.05) is 61.3 Å². The van der Waals surface area contributed by atoms with Gasteiger partial charge in [-0.2, -0.15) is 0 Å². The van der Waals surface area contributed by atoms with Crippen LogP contribution in [0.1, 0.15) is 87.0 Å². The second kappa shape index (κ2) is 8.37. The third kappa shape index (κ3) is 4.53. The maximum atomic E-state index is 2.99. The largest absolute Gasteiger partial charge is 0.297 e. The molecule has 0 radical (unpaired) electrons. The van der Waals surface area contributed by atoms with Crippen LogP contribution in [0.4, 0.5) is 0 Å². The van der Waals surface area contributed by atoms with Crippen LogP contribution in [0.5, 0.6) is 0 Å². The molecule has 0 aliphatic heterocycles. The van der Waals surface area contributed by atoms with Crippen molar-refractivity contribution in [3.63, 3.8) is 0 Å². The fourth-order valence-electron chi connectivity index (χ4n) is 5.78. The van der Waals surface area contributed by atoms with Gasteiger partial charge in [0, 0.05) is 12.1 Å². The first-order valence-corrected chi connectivity index (χ1v) is 10.6. The van der Waals surface area contributed by atoms with E-state index in [2.05, 4.69) is 53.4 Å². The van der Waals surface area contributed by atoms with Crippen LogP contribution in [0.2, 0.25) is 0 Å². The lowest BCUT2D eigenvalue weighted by Crippen LogP contribution is -2.54. The van der Waals surface area contributed by atoms with E-state index in [0.29, 0.717) is 0 Å². The standard InChI is InChI=1S/C22H43N/c1-8-23(21-13-17(6)9-11-19(21)15(2)3)22-14-18(7)10-12-20(22)16(4)5/h15-22H,8-14H2,1-7H3. The monoisotopic (exact) mass is 321 g/mol. The number of nitrogens with zero attached hydrogens (tertiary/aromatic N) is 1. The van der Waals surface area contributed by atoms with Gasteiger partial charge in [-0.05, 0) is 67.7 Å². The first-order valence-electron chi connectivity index (χ1n) is 10.6. The third-order valence-corrected chi connectivity index (χ3v) is 7.19. The third-order valence-electron chi connectivity index (χ3n) is 7.19. The molecule has 6 atom stereocenters. The van der Waals surface area contributed by atoms with E-state index >= 15 is 0 Å². The zero-order valence-corrected chi connectivity index (χ0v) is 17.0. The molecule has 0 amide bonds.